The van der Waals surface area contributed by atoms with Crippen molar-refractivity contribution in [3.05, 3.63) is 44.5 Å². The molecule has 0 fully saturated rings. The van der Waals surface area contributed by atoms with Crippen molar-refractivity contribution in [3.63, 3.8) is 0 Å². The Labute approximate surface area is 115 Å². The number of hydrogen-bond acceptors (Lipinski definition) is 5. The van der Waals surface area contributed by atoms with Crippen molar-refractivity contribution in [2.45, 2.75) is 26.7 Å². The van der Waals surface area contributed by atoms with E-state index < -0.39 is 0 Å². The lowest BCUT2D eigenvalue weighted by molar-refractivity contribution is 0.867. The third-order valence-electron chi connectivity index (χ3n) is 2.51. The van der Waals surface area contributed by atoms with E-state index in [4.69, 9.17) is 0 Å². The number of aryl methyl sites for hydroxylation is 1. The topological polar surface area (TPSA) is 70.1 Å². The maximum atomic E-state index is 11.5. The van der Waals surface area contributed by atoms with E-state index in [9.17, 15) is 4.79 Å². The van der Waals surface area contributed by atoms with E-state index in [2.05, 4.69) is 27.4 Å². The Morgan fingerprint density at radius 2 is 2.42 bits per heavy atom. The third kappa shape index (κ3) is 3.75. The van der Waals surface area contributed by atoms with Crippen LogP contribution in [-0.2, 0) is 6.42 Å². The number of anilines is 1. The molecule has 2 aromatic rings. The molecule has 6 heteroatoms. The number of hydrazone groups is 1. The molecule has 2 heterocycles. The van der Waals surface area contributed by atoms with Gasteiger partial charge in [-0.15, -0.1) is 11.3 Å². The number of thiophene rings is 1. The van der Waals surface area contributed by atoms with Gasteiger partial charge in [-0.05, 0) is 24.8 Å². The largest absolute Gasteiger partial charge is 0.291 e. The summed E-state index contributed by atoms with van der Waals surface area (Å²) in [5.74, 6) is 0.381. The molecule has 2 rings (SSSR count). The molecular weight excluding hydrogens is 260 g/mol. The van der Waals surface area contributed by atoms with E-state index in [1.54, 1.807) is 11.3 Å². The van der Waals surface area contributed by atoms with Crippen LogP contribution >= 0.6 is 11.3 Å². The van der Waals surface area contributed by atoms with Crippen molar-refractivity contribution in [3.8, 4) is 0 Å². The van der Waals surface area contributed by atoms with Gasteiger partial charge >= 0.3 is 0 Å². The van der Waals surface area contributed by atoms with Crippen molar-refractivity contribution in [2.75, 3.05) is 5.43 Å². The van der Waals surface area contributed by atoms with Gasteiger partial charge in [-0.3, -0.25) is 9.78 Å². The Bertz CT molecular complexity index is 616. The summed E-state index contributed by atoms with van der Waals surface area (Å²) in [7, 11) is 0. The minimum Gasteiger partial charge on any atom is -0.291 e. The molecule has 5 nitrogen and oxygen atoms in total. The molecule has 19 heavy (non-hydrogen) atoms. The van der Waals surface area contributed by atoms with Gasteiger partial charge in [0.2, 0.25) is 5.95 Å². The lowest BCUT2D eigenvalue weighted by Crippen LogP contribution is -2.12. The fraction of sp³-hybridized carbons (Fsp3) is 0.308. The third-order valence-corrected chi connectivity index (χ3v) is 3.49. The van der Waals surface area contributed by atoms with Gasteiger partial charge in [-0.25, -0.2) is 10.4 Å². The summed E-state index contributed by atoms with van der Waals surface area (Å²) in [6, 6.07) is 5.49. The Morgan fingerprint density at radius 1 is 1.58 bits per heavy atom. The van der Waals surface area contributed by atoms with Crippen LogP contribution in [0.2, 0.25) is 0 Å². The molecule has 0 atom stereocenters. The predicted molar refractivity (Wildman–Crippen MR) is 79.0 cm³/mol. The van der Waals surface area contributed by atoms with Crippen LogP contribution < -0.4 is 11.0 Å². The number of rotatable bonds is 5. The van der Waals surface area contributed by atoms with Crippen molar-refractivity contribution in [1.82, 2.24) is 9.97 Å². The zero-order valence-electron chi connectivity index (χ0n) is 10.9. The average molecular weight is 276 g/mol. The van der Waals surface area contributed by atoms with Gasteiger partial charge in [0.25, 0.3) is 5.56 Å². The van der Waals surface area contributed by atoms with Crippen LogP contribution in [-0.4, -0.2) is 15.7 Å². The number of nitrogens with zero attached hydrogens (tertiary/aromatic N) is 2. The molecule has 2 aromatic heterocycles. The zero-order valence-corrected chi connectivity index (χ0v) is 11.8. The van der Waals surface area contributed by atoms with Crippen LogP contribution in [0.15, 0.2) is 33.5 Å². The van der Waals surface area contributed by atoms with Crippen LogP contribution in [0.25, 0.3) is 0 Å². The predicted octanol–water partition coefficient (Wildman–Crippen LogP) is 2.62. The standard InChI is InChI=1S/C13H16N4OS/c1-3-5-10-8-12(18)15-13(14-10)17-16-9(2)11-6-4-7-19-11/h4,6-8H,3,5H2,1-2H3,(H2,14,15,17,18). The second-order valence-corrected chi connectivity index (χ2v) is 5.07. The van der Waals surface area contributed by atoms with Crippen molar-refractivity contribution >= 4 is 23.0 Å². The summed E-state index contributed by atoms with van der Waals surface area (Å²) < 4.78 is 0. The van der Waals surface area contributed by atoms with E-state index in [1.165, 1.54) is 6.07 Å². The van der Waals surface area contributed by atoms with Gasteiger partial charge in [0.15, 0.2) is 0 Å². The SMILES string of the molecule is CCCc1cc(=O)[nH]c(NN=C(C)c2cccs2)n1. The molecule has 0 aliphatic rings. The van der Waals surface area contributed by atoms with Crippen LogP contribution in [0.3, 0.4) is 0 Å². The fourth-order valence-corrected chi connectivity index (χ4v) is 2.30. The maximum Gasteiger partial charge on any atom is 0.252 e. The quantitative estimate of drug-likeness (QED) is 0.651. The molecule has 0 spiro atoms. The van der Waals surface area contributed by atoms with Gasteiger partial charge in [-0.1, -0.05) is 19.4 Å². The number of nitrogens with one attached hydrogen (secondary N) is 2. The molecule has 100 valence electrons. The zero-order chi connectivity index (χ0) is 13.7. The van der Waals surface area contributed by atoms with E-state index in [0.717, 1.165) is 29.1 Å². The fourth-order valence-electron chi connectivity index (χ4n) is 1.62. The van der Waals surface area contributed by atoms with Crippen LogP contribution in [0, 0.1) is 0 Å². The second-order valence-electron chi connectivity index (χ2n) is 4.12. The highest BCUT2D eigenvalue weighted by atomic mass is 32.1. The average Bonchev–Trinajstić information content (AvgIpc) is 2.89. The van der Waals surface area contributed by atoms with E-state index in [-0.39, 0.29) is 5.56 Å². The van der Waals surface area contributed by atoms with Crippen LogP contribution in [0.5, 0.6) is 0 Å². The summed E-state index contributed by atoms with van der Waals surface area (Å²) >= 11 is 1.62. The lowest BCUT2D eigenvalue weighted by Gasteiger charge is -2.03. The summed E-state index contributed by atoms with van der Waals surface area (Å²) in [5, 5.41) is 6.22. The van der Waals surface area contributed by atoms with Gasteiger partial charge in [0.1, 0.15) is 0 Å². The van der Waals surface area contributed by atoms with Crippen molar-refractivity contribution < 1.29 is 0 Å². The van der Waals surface area contributed by atoms with E-state index in [1.807, 2.05) is 24.4 Å². The Kier molecular flexibility index (Phi) is 4.46. The van der Waals surface area contributed by atoms with Gasteiger partial charge in [0, 0.05) is 16.6 Å². The smallest absolute Gasteiger partial charge is 0.252 e. The number of aromatic amines is 1. The molecule has 0 unspecified atom stereocenters. The Hall–Kier alpha value is -1.95. The molecule has 0 aromatic carbocycles. The molecule has 0 radical (unpaired) electrons. The van der Waals surface area contributed by atoms with Crippen LogP contribution in [0.4, 0.5) is 5.95 Å². The van der Waals surface area contributed by atoms with Gasteiger partial charge in [-0.2, -0.15) is 5.10 Å². The Balaban J connectivity index is 2.15. The highest BCUT2D eigenvalue weighted by molar-refractivity contribution is 7.12. The van der Waals surface area contributed by atoms with E-state index >= 15 is 0 Å². The number of hydrogen-bond donors (Lipinski definition) is 2. The second kappa shape index (κ2) is 6.29. The summed E-state index contributed by atoms with van der Waals surface area (Å²) in [6.45, 7) is 3.96. The first kappa shape index (κ1) is 13.5. The number of aromatic nitrogens is 2. The van der Waals surface area contributed by atoms with Crippen LogP contribution in [0.1, 0.15) is 30.8 Å². The van der Waals surface area contributed by atoms with Crippen molar-refractivity contribution in [1.29, 1.82) is 0 Å². The summed E-state index contributed by atoms with van der Waals surface area (Å²) in [6.07, 6.45) is 1.74. The van der Waals surface area contributed by atoms with Gasteiger partial charge in [0.05, 0.1) is 5.71 Å². The minimum atomic E-state index is -0.162. The molecule has 0 bridgehead atoms. The lowest BCUT2D eigenvalue weighted by atomic mass is 10.2. The first-order chi connectivity index (χ1) is 9.19. The Morgan fingerprint density at radius 3 is 3.11 bits per heavy atom. The summed E-state index contributed by atoms with van der Waals surface area (Å²) in [5.41, 5.74) is 4.27. The minimum absolute atomic E-state index is 0.162. The summed E-state index contributed by atoms with van der Waals surface area (Å²) in [4.78, 5) is 19.5. The highest BCUT2D eigenvalue weighted by Crippen LogP contribution is 2.10. The molecule has 0 aliphatic heterocycles. The molecule has 0 saturated carbocycles. The monoisotopic (exact) mass is 276 g/mol. The van der Waals surface area contributed by atoms with Crippen molar-refractivity contribution in [2.24, 2.45) is 5.10 Å². The number of H-pyrrole nitrogens is 1. The first-order valence-electron chi connectivity index (χ1n) is 6.13. The molecule has 2 N–H and O–H groups in total. The first-order valence-corrected chi connectivity index (χ1v) is 7.01. The highest BCUT2D eigenvalue weighted by Gasteiger charge is 2.01. The maximum absolute atomic E-state index is 11.5. The van der Waals surface area contributed by atoms with Gasteiger partial charge < -0.3 is 0 Å². The molecule has 0 amide bonds. The molecule has 0 aliphatic carbocycles. The van der Waals surface area contributed by atoms with E-state index in [0.29, 0.717) is 5.95 Å². The molecule has 0 saturated heterocycles. The molecular formula is C13H16N4OS. The normalized spacial score (nSPS) is 11.6.